The number of ether oxygens (including phenoxy) is 1. The normalized spacial score (nSPS) is 17.5. The van der Waals surface area contributed by atoms with Gasteiger partial charge < -0.3 is 9.84 Å². The van der Waals surface area contributed by atoms with Gasteiger partial charge in [0.2, 0.25) is 0 Å². The predicted octanol–water partition coefficient (Wildman–Crippen LogP) is 5.30. The van der Waals surface area contributed by atoms with Gasteiger partial charge in [0, 0.05) is 22.5 Å². The number of hydrogen-bond acceptors (Lipinski definition) is 5. The quantitative estimate of drug-likeness (QED) is 0.323. The lowest BCUT2D eigenvalue weighted by Crippen LogP contribution is -2.30. The van der Waals surface area contributed by atoms with Crippen LogP contribution in [-0.4, -0.2) is 28.9 Å². The second kappa shape index (κ2) is 8.71. The highest BCUT2D eigenvalue weighted by molar-refractivity contribution is 6.52. The van der Waals surface area contributed by atoms with Crippen molar-refractivity contribution in [3.8, 4) is 5.75 Å². The molecule has 0 bridgehead atoms. The first-order chi connectivity index (χ1) is 15.7. The Bertz CT molecular complexity index is 1300. The lowest BCUT2D eigenvalue weighted by atomic mass is 9.94. The summed E-state index contributed by atoms with van der Waals surface area (Å²) in [6, 6.07) is 13.0. The van der Waals surface area contributed by atoms with Gasteiger partial charge in [-0.25, -0.2) is 0 Å². The minimum Gasteiger partial charge on any atom is -0.507 e. The van der Waals surface area contributed by atoms with Gasteiger partial charge in [-0.15, -0.1) is 0 Å². The Hall–Kier alpha value is -3.64. The third-order valence-corrected chi connectivity index (χ3v) is 6.08. The Kier molecular flexibility index (Phi) is 5.95. The molecule has 33 heavy (non-hydrogen) atoms. The van der Waals surface area contributed by atoms with Crippen molar-refractivity contribution in [3.05, 3.63) is 93.3 Å². The molecule has 1 aliphatic rings. The highest BCUT2D eigenvalue weighted by Crippen LogP contribution is 2.43. The molecule has 6 nitrogen and oxygen atoms in total. The fourth-order valence-electron chi connectivity index (χ4n) is 4.15. The summed E-state index contributed by atoms with van der Waals surface area (Å²) in [6.07, 6.45) is 1.59. The van der Waals surface area contributed by atoms with Crippen LogP contribution in [0, 0.1) is 20.8 Å². The van der Waals surface area contributed by atoms with E-state index in [1.807, 2.05) is 20.8 Å². The number of hydrogen-bond donors (Lipinski definition) is 1. The van der Waals surface area contributed by atoms with E-state index in [2.05, 4.69) is 4.98 Å². The summed E-state index contributed by atoms with van der Waals surface area (Å²) in [7, 11) is 1.57. The molecule has 0 saturated carbocycles. The Morgan fingerprint density at radius 2 is 1.79 bits per heavy atom. The van der Waals surface area contributed by atoms with Gasteiger partial charge in [-0.3, -0.25) is 19.5 Å². The number of carbonyl (C=O) groups excluding carboxylic acids is 2. The zero-order valence-electron chi connectivity index (χ0n) is 18.7. The van der Waals surface area contributed by atoms with E-state index in [1.165, 1.54) is 4.90 Å². The van der Waals surface area contributed by atoms with Gasteiger partial charge in [-0.2, -0.15) is 0 Å². The average Bonchev–Trinajstić information content (AvgIpc) is 3.07. The Morgan fingerprint density at radius 1 is 1.03 bits per heavy atom. The molecule has 1 unspecified atom stereocenters. The van der Waals surface area contributed by atoms with Crippen LogP contribution in [-0.2, 0) is 9.59 Å². The second-order valence-corrected chi connectivity index (χ2v) is 8.43. The number of Topliss-reactive ketones (excluding diaryl/α,β-unsaturated/α-hetero) is 1. The molecule has 3 aromatic rings. The topological polar surface area (TPSA) is 79.7 Å². The van der Waals surface area contributed by atoms with Gasteiger partial charge >= 0.3 is 0 Å². The van der Waals surface area contributed by atoms with E-state index in [0.29, 0.717) is 33.3 Å². The maximum Gasteiger partial charge on any atom is 0.300 e. The number of aliphatic hydroxyl groups excluding tert-OH is 1. The number of pyridine rings is 1. The van der Waals surface area contributed by atoms with Crippen molar-refractivity contribution in [2.45, 2.75) is 26.8 Å². The lowest BCUT2D eigenvalue weighted by molar-refractivity contribution is -0.132. The molecule has 7 heteroatoms. The summed E-state index contributed by atoms with van der Waals surface area (Å²) < 4.78 is 5.36. The number of rotatable bonds is 4. The first-order valence-corrected chi connectivity index (χ1v) is 10.8. The van der Waals surface area contributed by atoms with E-state index in [1.54, 1.807) is 61.8 Å². The number of benzene rings is 2. The molecule has 1 fully saturated rings. The fourth-order valence-corrected chi connectivity index (χ4v) is 4.32. The van der Waals surface area contributed by atoms with Crippen LogP contribution >= 0.6 is 11.6 Å². The van der Waals surface area contributed by atoms with Gasteiger partial charge in [0.15, 0.2) is 0 Å². The molecule has 1 atom stereocenters. The van der Waals surface area contributed by atoms with Crippen molar-refractivity contribution in [1.29, 1.82) is 0 Å². The van der Waals surface area contributed by atoms with E-state index in [9.17, 15) is 14.7 Å². The minimum absolute atomic E-state index is 0.0225. The van der Waals surface area contributed by atoms with E-state index in [-0.39, 0.29) is 11.3 Å². The van der Waals surface area contributed by atoms with Crippen molar-refractivity contribution in [3.63, 3.8) is 0 Å². The molecule has 1 saturated heterocycles. The molecule has 2 aromatic carbocycles. The molecule has 1 aromatic heterocycles. The first-order valence-electron chi connectivity index (χ1n) is 10.4. The number of aromatic nitrogens is 1. The summed E-state index contributed by atoms with van der Waals surface area (Å²) in [5.41, 5.74) is 3.64. The molecular weight excluding hydrogens is 440 g/mol. The van der Waals surface area contributed by atoms with Gasteiger partial charge in [0.1, 0.15) is 17.6 Å². The lowest BCUT2D eigenvalue weighted by Gasteiger charge is -2.26. The number of carbonyl (C=O) groups is 2. The van der Waals surface area contributed by atoms with Crippen molar-refractivity contribution >= 4 is 34.7 Å². The number of anilines is 1. The minimum atomic E-state index is -0.912. The molecule has 0 spiro atoms. The van der Waals surface area contributed by atoms with Crippen LogP contribution in [0.1, 0.15) is 34.0 Å². The number of aliphatic hydroxyl groups is 1. The second-order valence-electron chi connectivity index (χ2n) is 7.99. The van der Waals surface area contributed by atoms with Crippen LogP contribution in [0.15, 0.2) is 60.3 Å². The first kappa shape index (κ1) is 22.6. The van der Waals surface area contributed by atoms with Crippen LogP contribution in [0.5, 0.6) is 5.75 Å². The monoisotopic (exact) mass is 462 g/mol. The van der Waals surface area contributed by atoms with Gasteiger partial charge in [0.05, 0.1) is 18.4 Å². The number of halogens is 1. The molecule has 1 aliphatic heterocycles. The predicted molar refractivity (Wildman–Crippen MR) is 128 cm³/mol. The third-order valence-electron chi connectivity index (χ3n) is 5.84. The van der Waals surface area contributed by atoms with E-state index >= 15 is 0 Å². The van der Waals surface area contributed by atoms with Crippen molar-refractivity contribution in [2.75, 3.05) is 12.0 Å². The average molecular weight is 463 g/mol. The van der Waals surface area contributed by atoms with Crippen molar-refractivity contribution in [1.82, 2.24) is 4.98 Å². The maximum absolute atomic E-state index is 13.3. The number of ketones is 1. The third kappa shape index (κ3) is 3.87. The van der Waals surface area contributed by atoms with Crippen LogP contribution in [0.3, 0.4) is 0 Å². The molecule has 0 radical (unpaired) electrons. The van der Waals surface area contributed by atoms with Gasteiger partial charge in [0.25, 0.3) is 11.7 Å². The largest absolute Gasteiger partial charge is 0.507 e. The van der Waals surface area contributed by atoms with Crippen molar-refractivity contribution < 1.29 is 19.4 Å². The molecule has 0 aliphatic carbocycles. The van der Waals surface area contributed by atoms with Crippen LogP contribution in [0.25, 0.3) is 5.76 Å². The Balaban J connectivity index is 1.99. The number of aryl methyl sites for hydroxylation is 3. The molecule has 1 amide bonds. The molecule has 1 N–H and O–H groups in total. The molecule has 168 valence electrons. The number of amides is 1. The van der Waals surface area contributed by atoms with Gasteiger partial charge in [-0.05, 0) is 73.9 Å². The van der Waals surface area contributed by atoms with Crippen LogP contribution < -0.4 is 9.64 Å². The summed E-state index contributed by atoms with van der Waals surface area (Å²) in [5.74, 6) is -1.12. The Morgan fingerprint density at radius 3 is 2.45 bits per heavy atom. The summed E-state index contributed by atoms with van der Waals surface area (Å²) in [6.45, 7) is 5.49. The number of methoxy groups -OCH3 is 1. The SMILES string of the molecule is COc1cc(C)c(/C(O)=C2\C(=O)C(=O)N(c3cc(Cl)ccc3C)C2c2ccccn2)cc1C. The van der Waals surface area contributed by atoms with Gasteiger partial charge in [-0.1, -0.05) is 23.7 Å². The fraction of sp³-hybridized carbons (Fsp3) is 0.192. The molecular formula is C26H23ClN2O4. The standard InChI is InChI=1S/C26H23ClN2O4/c1-14-8-9-17(27)13-20(14)29-23(19-7-5-6-10-28-19)22(25(31)26(29)32)24(30)18-11-16(3)21(33-4)12-15(18)2/h5-13,23,30H,1-4H3/b24-22+. The van der Waals surface area contributed by atoms with E-state index < -0.39 is 17.7 Å². The summed E-state index contributed by atoms with van der Waals surface area (Å²) in [4.78, 5) is 32.4. The highest BCUT2D eigenvalue weighted by Gasteiger charge is 2.48. The van der Waals surface area contributed by atoms with Crippen molar-refractivity contribution in [2.24, 2.45) is 0 Å². The smallest absolute Gasteiger partial charge is 0.300 e. The summed E-state index contributed by atoms with van der Waals surface area (Å²) >= 11 is 6.22. The highest BCUT2D eigenvalue weighted by atomic mass is 35.5. The van der Waals surface area contributed by atoms with E-state index in [0.717, 1.165) is 11.1 Å². The van der Waals surface area contributed by atoms with Crippen LogP contribution in [0.2, 0.25) is 5.02 Å². The zero-order chi connectivity index (χ0) is 23.9. The Labute approximate surface area is 197 Å². The molecule has 4 rings (SSSR count). The van der Waals surface area contributed by atoms with Crippen LogP contribution in [0.4, 0.5) is 5.69 Å². The maximum atomic E-state index is 13.3. The molecule has 2 heterocycles. The summed E-state index contributed by atoms with van der Waals surface area (Å²) in [5, 5.41) is 11.8. The number of nitrogens with zero attached hydrogens (tertiary/aromatic N) is 2. The zero-order valence-corrected chi connectivity index (χ0v) is 19.5. The van der Waals surface area contributed by atoms with E-state index in [4.69, 9.17) is 16.3 Å².